The third kappa shape index (κ3) is 4.97. The molecule has 0 saturated heterocycles. The average Bonchev–Trinajstić information content (AvgIpc) is 3.97. The minimum atomic E-state index is 0.492. The van der Waals surface area contributed by atoms with Crippen LogP contribution in [-0.2, 0) is 0 Å². The van der Waals surface area contributed by atoms with E-state index in [0.29, 0.717) is 23.0 Å². The monoisotopic (exact) mass is 754 g/mol. The van der Waals surface area contributed by atoms with Crippen molar-refractivity contribution in [3.8, 4) is 51.6 Å². The molecule has 8 aromatic carbocycles. The van der Waals surface area contributed by atoms with Crippen molar-refractivity contribution in [3.63, 3.8) is 0 Å². The highest BCUT2D eigenvalue weighted by molar-refractivity contribution is 6.30. The highest BCUT2D eigenvalue weighted by atomic mass is 16.3. The third-order valence-corrected chi connectivity index (χ3v) is 11.4. The van der Waals surface area contributed by atoms with E-state index in [1.54, 1.807) is 0 Å². The fourth-order valence-electron chi connectivity index (χ4n) is 8.83. The molecule has 0 bridgehead atoms. The number of rotatable bonds is 5. The van der Waals surface area contributed by atoms with E-state index in [-0.39, 0.29) is 0 Å². The van der Waals surface area contributed by atoms with Gasteiger partial charge in [-0.05, 0) is 66.7 Å². The van der Waals surface area contributed by atoms with Crippen molar-refractivity contribution in [1.29, 1.82) is 5.26 Å². The van der Waals surface area contributed by atoms with Gasteiger partial charge in [-0.15, -0.1) is 0 Å². The predicted octanol–water partition coefficient (Wildman–Crippen LogP) is 12.8. The maximum Gasteiger partial charge on any atom is 0.164 e. The molecule has 12 rings (SSSR count). The Morgan fingerprint density at radius 1 is 0.441 bits per heavy atom. The molecule has 0 radical (unpaired) electrons. The van der Waals surface area contributed by atoms with Gasteiger partial charge in [0.2, 0.25) is 0 Å². The van der Waals surface area contributed by atoms with E-state index in [9.17, 15) is 5.26 Å². The number of aromatic nitrogens is 5. The second-order valence-corrected chi connectivity index (χ2v) is 14.7. The smallest absolute Gasteiger partial charge is 0.164 e. The molecule has 0 amide bonds. The number of hydrogen-bond acceptors (Lipinski definition) is 5. The first kappa shape index (κ1) is 32.9. The molecule has 0 spiro atoms. The quantitative estimate of drug-likeness (QED) is 0.175. The maximum absolute atomic E-state index is 10.8. The van der Waals surface area contributed by atoms with Crippen molar-refractivity contribution < 1.29 is 4.42 Å². The van der Waals surface area contributed by atoms with Crippen molar-refractivity contribution in [3.05, 3.63) is 188 Å². The number of nitrogens with zero attached hydrogens (tertiary/aromatic N) is 6. The normalized spacial score (nSPS) is 11.7. The molecule has 0 aliphatic heterocycles. The minimum Gasteiger partial charge on any atom is -0.455 e. The van der Waals surface area contributed by atoms with Crippen LogP contribution >= 0.6 is 0 Å². The van der Waals surface area contributed by atoms with Gasteiger partial charge in [0, 0.05) is 43.9 Å². The number of para-hydroxylation sites is 3. The number of furan rings is 1. The first-order valence-electron chi connectivity index (χ1n) is 19.5. The van der Waals surface area contributed by atoms with E-state index in [0.717, 1.165) is 82.8 Å². The Morgan fingerprint density at radius 2 is 1.02 bits per heavy atom. The molecule has 59 heavy (non-hydrogen) atoms. The molecular formula is C52H30N6O. The van der Waals surface area contributed by atoms with E-state index < -0.39 is 0 Å². The summed E-state index contributed by atoms with van der Waals surface area (Å²) in [4.78, 5) is 14.7. The predicted molar refractivity (Wildman–Crippen MR) is 237 cm³/mol. The lowest BCUT2D eigenvalue weighted by Gasteiger charge is -2.12. The molecule has 0 aliphatic carbocycles. The fraction of sp³-hybridized carbons (Fsp3) is 0. The van der Waals surface area contributed by atoms with Crippen molar-refractivity contribution in [2.45, 2.75) is 0 Å². The molecule has 0 aliphatic rings. The third-order valence-electron chi connectivity index (χ3n) is 11.4. The highest BCUT2D eigenvalue weighted by Crippen LogP contribution is 2.45. The Labute approximate surface area is 337 Å². The maximum atomic E-state index is 10.8. The van der Waals surface area contributed by atoms with Gasteiger partial charge in [0.25, 0.3) is 0 Å². The van der Waals surface area contributed by atoms with Crippen molar-refractivity contribution in [1.82, 2.24) is 24.1 Å². The lowest BCUT2D eigenvalue weighted by Crippen LogP contribution is -2.02. The summed E-state index contributed by atoms with van der Waals surface area (Å²) in [5.74, 6) is 1.62. The molecule has 4 aromatic heterocycles. The van der Waals surface area contributed by atoms with Gasteiger partial charge in [-0.1, -0.05) is 115 Å². The Morgan fingerprint density at radius 3 is 1.69 bits per heavy atom. The Kier molecular flexibility index (Phi) is 7.16. The van der Waals surface area contributed by atoms with Crippen molar-refractivity contribution >= 4 is 65.6 Å². The Hall–Kier alpha value is -8.34. The SMILES string of the molecule is N#Cc1cc(-c2nc(-c3ccccc3)nc(-c3ccccc3)n2)ccc1-n1c2ccccc2c2c3oc4ccc5c6ccccc6n(-c6ccccc6)c5c4c3ccc21. The lowest BCUT2D eigenvalue weighted by atomic mass is 10.1. The molecular weight excluding hydrogens is 725 g/mol. The summed E-state index contributed by atoms with van der Waals surface area (Å²) in [6.07, 6.45) is 0. The number of nitriles is 1. The molecule has 0 unspecified atom stereocenters. The molecule has 4 heterocycles. The molecule has 7 nitrogen and oxygen atoms in total. The first-order chi connectivity index (χ1) is 29.2. The summed E-state index contributed by atoms with van der Waals surface area (Å²) in [6, 6.07) is 64.2. The van der Waals surface area contributed by atoms with E-state index >= 15 is 0 Å². The zero-order valence-electron chi connectivity index (χ0n) is 31.4. The van der Waals surface area contributed by atoms with E-state index in [1.165, 1.54) is 10.8 Å². The second kappa shape index (κ2) is 12.8. The molecule has 7 heteroatoms. The van der Waals surface area contributed by atoms with Gasteiger partial charge in [-0.25, -0.2) is 15.0 Å². The van der Waals surface area contributed by atoms with Crippen LogP contribution in [0.1, 0.15) is 5.56 Å². The summed E-state index contributed by atoms with van der Waals surface area (Å²) in [5.41, 5.74) is 10.6. The second-order valence-electron chi connectivity index (χ2n) is 14.7. The molecule has 0 saturated carbocycles. The van der Waals surface area contributed by atoms with Crippen molar-refractivity contribution in [2.75, 3.05) is 0 Å². The molecule has 0 atom stereocenters. The minimum absolute atomic E-state index is 0.492. The van der Waals surface area contributed by atoms with Crippen LogP contribution in [0, 0.1) is 11.3 Å². The van der Waals surface area contributed by atoms with E-state index in [4.69, 9.17) is 19.4 Å². The topological polar surface area (TPSA) is 85.5 Å². The van der Waals surface area contributed by atoms with Gasteiger partial charge in [-0.3, -0.25) is 0 Å². The van der Waals surface area contributed by atoms with Gasteiger partial charge in [0.15, 0.2) is 17.5 Å². The zero-order chi connectivity index (χ0) is 39.0. The Balaban J connectivity index is 1.08. The standard InChI is InChI=1S/C52H30N6O/c53-31-35-30-34(52-55-50(32-14-4-1-5-15-32)54-51(56-52)33-16-6-2-7-17-33)24-27-41(35)58-43-23-13-11-21-39(43)46-44(58)28-25-40-47-45(59-49(40)46)29-26-38-37-20-10-12-22-42(37)57(48(38)47)36-18-8-3-9-19-36/h1-30H. The van der Waals surface area contributed by atoms with Gasteiger partial charge in [0.1, 0.15) is 17.2 Å². The van der Waals surface area contributed by atoms with Crippen LogP contribution in [-0.4, -0.2) is 24.1 Å². The average molecular weight is 755 g/mol. The van der Waals surface area contributed by atoms with E-state index in [2.05, 4.69) is 112 Å². The van der Waals surface area contributed by atoms with Gasteiger partial charge < -0.3 is 13.6 Å². The van der Waals surface area contributed by atoms with Crippen LogP contribution in [0.25, 0.3) is 111 Å². The molecule has 274 valence electrons. The largest absolute Gasteiger partial charge is 0.455 e. The van der Waals surface area contributed by atoms with Crippen LogP contribution in [0.5, 0.6) is 0 Å². The van der Waals surface area contributed by atoms with Crippen LogP contribution in [0.3, 0.4) is 0 Å². The van der Waals surface area contributed by atoms with Crippen molar-refractivity contribution in [2.24, 2.45) is 0 Å². The summed E-state index contributed by atoms with van der Waals surface area (Å²) in [7, 11) is 0. The molecule has 12 aromatic rings. The number of benzene rings is 8. The van der Waals surface area contributed by atoms with Crippen LogP contribution in [0.4, 0.5) is 0 Å². The van der Waals surface area contributed by atoms with Crippen LogP contribution in [0.2, 0.25) is 0 Å². The highest BCUT2D eigenvalue weighted by Gasteiger charge is 2.24. The van der Waals surface area contributed by atoms with Gasteiger partial charge >= 0.3 is 0 Å². The lowest BCUT2D eigenvalue weighted by molar-refractivity contribution is 0.673. The number of fused-ring (bicyclic) bond motifs is 11. The number of hydrogen-bond donors (Lipinski definition) is 0. The van der Waals surface area contributed by atoms with E-state index in [1.807, 2.05) is 84.9 Å². The first-order valence-corrected chi connectivity index (χ1v) is 19.5. The summed E-state index contributed by atoms with van der Waals surface area (Å²) in [5, 5.41) is 17.3. The van der Waals surface area contributed by atoms with Gasteiger partial charge in [0.05, 0.1) is 44.1 Å². The van der Waals surface area contributed by atoms with Crippen LogP contribution in [0.15, 0.2) is 186 Å². The summed E-state index contributed by atoms with van der Waals surface area (Å²) < 4.78 is 11.5. The summed E-state index contributed by atoms with van der Waals surface area (Å²) >= 11 is 0. The Bertz CT molecular complexity index is 3610. The van der Waals surface area contributed by atoms with Gasteiger partial charge in [-0.2, -0.15) is 5.26 Å². The summed E-state index contributed by atoms with van der Waals surface area (Å²) in [6.45, 7) is 0. The molecule has 0 fully saturated rings. The molecule has 0 N–H and O–H groups in total. The zero-order valence-corrected chi connectivity index (χ0v) is 31.4. The van der Waals surface area contributed by atoms with Crippen LogP contribution < -0.4 is 0 Å². The fourth-order valence-corrected chi connectivity index (χ4v) is 8.83.